The molecule has 0 bridgehead atoms. The number of carbonyl (C=O) groups is 1. The Kier molecular flexibility index (Phi) is 7.47. The molecule has 2 aromatic rings. The quantitative estimate of drug-likeness (QED) is 0.548. The zero-order chi connectivity index (χ0) is 17.4. The van der Waals surface area contributed by atoms with Gasteiger partial charge < -0.3 is 10.1 Å². The van der Waals surface area contributed by atoms with Crippen LogP contribution in [0.2, 0.25) is 5.02 Å². The van der Waals surface area contributed by atoms with Gasteiger partial charge in [-0.3, -0.25) is 4.79 Å². The van der Waals surface area contributed by atoms with Crippen molar-refractivity contribution in [3.63, 3.8) is 0 Å². The fourth-order valence-corrected chi connectivity index (χ4v) is 3.02. The number of halogens is 1. The van der Waals surface area contributed by atoms with Crippen molar-refractivity contribution in [2.45, 2.75) is 25.2 Å². The van der Waals surface area contributed by atoms with Crippen molar-refractivity contribution in [3.8, 4) is 5.75 Å². The van der Waals surface area contributed by atoms with Crippen molar-refractivity contribution in [1.82, 2.24) is 5.32 Å². The van der Waals surface area contributed by atoms with Crippen molar-refractivity contribution in [3.05, 3.63) is 58.6 Å². The molecule has 2 rings (SSSR count). The Labute approximate surface area is 152 Å². The van der Waals surface area contributed by atoms with Crippen LogP contribution in [0.25, 0.3) is 0 Å². The monoisotopic (exact) mass is 363 g/mol. The number of rotatable bonds is 8. The van der Waals surface area contributed by atoms with Crippen molar-refractivity contribution in [2.24, 2.45) is 0 Å². The Morgan fingerprint density at radius 1 is 1.12 bits per heavy atom. The molecule has 0 aliphatic rings. The molecule has 1 amide bonds. The van der Waals surface area contributed by atoms with E-state index in [1.165, 1.54) is 11.1 Å². The molecule has 0 aliphatic heterocycles. The lowest BCUT2D eigenvalue weighted by atomic mass is 10.1. The molecular formula is C19H22ClNO2S. The Morgan fingerprint density at radius 2 is 1.88 bits per heavy atom. The van der Waals surface area contributed by atoms with Gasteiger partial charge in [-0.2, -0.15) is 0 Å². The molecule has 0 radical (unpaired) electrons. The third kappa shape index (κ3) is 6.46. The number of amides is 1. The van der Waals surface area contributed by atoms with Crippen molar-refractivity contribution >= 4 is 29.3 Å². The predicted molar refractivity (Wildman–Crippen MR) is 101 cm³/mol. The highest BCUT2D eigenvalue weighted by Gasteiger charge is 2.03. The summed E-state index contributed by atoms with van der Waals surface area (Å²) >= 11 is 7.49. The van der Waals surface area contributed by atoms with E-state index in [0.717, 1.165) is 21.4 Å². The number of benzene rings is 2. The second-order valence-electron chi connectivity index (χ2n) is 5.50. The minimum atomic E-state index is 0.0418. The number of carbonyl (C=O) groups excluding carboxylic acids is 1. The van der Waals surface area contributed by atoms with E-state index in [-0.39, 0.29) is 5.91 Å². The first-order chi connectivity index (χ1) is 11.5. The molecule has 2 aromatic carbocycles. The number of thioether (sulfide) groups is 1. The van der Waals surface area contributed by atoms with Crippen molar-refractivity contribution in [1.29, 1.82) is 0 Å². The van der Waals surface area contributed by atoms with Crippen molar-refractivity contribution in [2.75, 3.05) is 18.9 Å². The maximum Gasteiger partial charge on any atom is 0.220 e. The largest absolute Gasteiger partial charge is 0.492 e. The third-order valence-corrected chi connectivity index (χ3v) is 4.85. The van der Waals surface area contributed by atoms with Gasteiger partial charge in [0, 0.05) is 22.1 Å². The number of ether oxygens (including phenoxy) is 1. The molecule has 128 valence electrons. The van der Waals surface area contributed by atoms with Gasteiger partial charge in [-0.15, -0.1) is 11.8 Å². The number of nitrogens with one attached hydrogen (secondary N) is 1. The first-order valence-electron chi connectivity index (χ1n) is 7.90. The van der Waals surface area contributed by atoms with Gasteiger partial charge in [0.2, 0.25) is 5.91 Å². The summed E-state index contributed by atoms with van der Waals surface area (Å²) < 4.78 is 5.64. The summed E-state index contributed by atoms with van der Waals surface area (Å²) in [6.07, 6.45) is 0.483. The Balaban J connectivity index is 1.59. The normalized spacial score (nSPS) is 10.5. The smallest absolute Gasteiger partial charge is 0.220 e. The van der Waals surface area contributed by atoms with E-state index < -0.39 is 0 Å². The van der Waals surface area contributed by atoms with Gasteiger partial charge in [-0.1, -0.05) is 17.7 Å². The second kappa shape index (κ2) is 9.60. The summed E-state index contributed by atoms with van der Waals surface area (Å²) in [5.41, 5.74) is 2.45. The van der Waals surface area contributed by atoms with Gasteiger partial charge >= 0.3 is 0 Å². The highest BCUT2D eigenvalue weighted by Crippen LogP contribution is 2.20. The van der Waals surface area contributed by atoms with Crippen LogP contribution in [0.4, 0.5) is 0 Å². The molecule has 24 heavy (non-hydrogen) atoms. The molecule has 0 aromatic heterocycles. The van der Waals surface area contributed by atoms with Gasteiger partial charge in [0.25, 0.3) is 0 Å². The molecule has 0 saturated heterocycles. The SMILES string of the molecule is Cc1ccc(OCCNC(=O)CCSc2ccc(Cl)cc2)cc1C. The van der Waals surface area contributed by atoms with Crippen LogP contribution >= 0.6 is 23.4 Å². The van der Waals surface area contributed by atoms with E-state index in [1.807, 2.05) is 42.5 Å². The maximum absolute atomic E-state index is 11.8. The summed E-state index contributed by atoms with van der Waals surface area (Å²) in [5, 5.41) is 3.60. The standard InChI is InChI=1S/C19H22ClNO2S/c1-14-3-6-17(13-15(14)2)23-11-10-21-19(22)9-12-24-18-7-4-16(20)5-8-18/h3-8,13H,9-12H2,1-2H3,(H,21,22). The highest BCUT2D eigenvalue weighted by atomic mass is 35.5. The first kappa shape index (κ1) is 18.7. The minimum Gasteiger partial charge on any atom is -0.492 e. The molecule has 0 spiro atoms. The molecule has 0 heterocycles. The summed E-state index contributed by atoms with van der Waals surface area (Å²) in [6, 6.07) is 13.6. The fourth-order valence-electron chi connectivity index (χ4n) is 2.04. The molecule has 0 fully saturated rings. The van der Waals surface area contributed by atoms with Crippen LogP contribution in [0.3, 0.4) is 0 Å². The molecular weight excluding hydrogens is 342 g/mol. The van der Waals surface area contributed by atoms with Crippen LogP contribution in [0.1, 0.15) is 17.5 Å². The van der Waals surface area contributed by atoms with Gasteiger partial charge in [0.15, 0.2) is 0 Å². The molecule has 0 unspecified atom stereocenters. The van der Waals surface area contributed by atoms with Crippen LogP contribution in [-0.2, 0) is 4.79 Å². The van der Waals surface area contributed by atoms with E-state index in [2.05, 4.69) is 19.2 Å². The Bertz CT molecular complexity index is 674. The molecule has 0 saturated carbocycles. The van der Waals surface area contributed by atoms with Gasteiger partial charge in [0.1, 0.15) is 12.4 Å². The Morgan fingerprint density at radius 3 is 2.58 bits per heavy atom. The number of hydrogen-bond donors (Lipinski definition) is 1. The van der Waals surface area contributed by atoms with Gasteiger partial charge in [-0.25, -0.2) is 0 Å². The predicted octanol–water partition coefficient (Wildman–Crippen LogP) is 4.63. The van der Waals surface area contributed by atoms with E-state index in [9.17, 15) is 4.79 Å². The topological polar surface area (TPSA) is 38.3 Å². The number of aryl methyl sites for hydroxylation is 2. The summed E-state index contributed by atoms with van der Waals surface area (Å²) in [5.74, 6) is 1.62. The second-order valence-corrected chi connectivity index (χ2v) is 7.10. The van der Waals surface area contributed by atoms with Gasteiger partial charge in [0.05, 0.1) is 6.54 Å². The lowest BCUT2D eigenvalue weighted by Gasteiger charge is -2.09. The van der Waals surface area contributed by atoms with Crippen LogP contribution in [0, 0.1) is 13.8 Å². The van der Waals surface area contributed by atoms with Crippen LogP contribution < -0.4 is 10.1 Å². The van der Waals surface area contributed by atoms with Crippen LogP contribution in [0.5, 0.6) is 5.75 Å². The molecule has 3 nitrogen and oxygen atoms in total. The lowest BCUT2D eigenvalue weighted by molar-refractivity contribution is -0.120. The highest BCUT2D eigenvalue weighted by molar-refractivity contribution is 7.99. The van der Waals surface area contributed by atoms with Crippen LogP contribution in [0.15, 0.2) is 47.4 Å². The minimum absolute atomic E-state index is 0.0418. The maximum atomic E-state index is 11.8. The summed E-state index contributed by atoms with van der Waals surface area (Å²) in [4.78, 5) is 12.9. The van der Waals surface area contributed by atoms with E-state index in [1.54, 1.807) is 11.8 Å². The van der Waals surface area contributed by atoms with Crippen LogP contribution in [-0.4, -0.2) is 24.8 Å². The number of hydrogen-bond acceptors (Lipinski definition) is 3. The molecule has 0 atom stereocenters. The Hall–Kier alpha value is -1.65. The molecule has 1 N–H and O–H groups in total. The average molecular weight is 364 g/mol. The average Bonchev–Trinajstić information content (AvgIpc) is 2.56. The summed E-state index contributed by atoms with van der Waals surface area (Å²) in [7, 11) is 0. The zero-order valence-corrected chi connectivity index (χ0v) is 15.5. The van der Waals surface area contributed by atoms with E-state index in [4.69, 9.17) is 16.3 Å². The van der Waals surface area contributed by atoms with Gasteiger partial charge in [-0.05, 0) is 61.4 Å². The molecule has 5 heteroatoms. The first-order valence-corrected chi connectivity index (χ1v) is 9.26. The zero-order valence-electron chi connectivity index (χ0n) is 14.0. The van der Waals surface area contributed by atoms with E-state index in [0.29, 0.717) is 19.6 Å². The molecule has 0 aliphatic carbocycles. The van der Waals surface area contributed by atoms with Crippen molar-refractivity contribution < 1.29 is 9.53 Å². The fraction of sp³-hybridized carbons (Fsp3) is 0.316. The lowest BCUT2D eigenvalue weighted by Crippen LogP contribution is -2.28. The summed E-state index contributed by atoms with van der Waals surface area (Å²) in [6.45, 7) is 5.11. The van der Waals surface area contributed by atoms with E-state index >= 15 is 0 Å². The third-order valence-electron chi connectivity index (χ3n) is 3.58.